The number of rotatable bonds is 8. The van der Waals surface area contributed by atoms with Crippen molar-refractivity contribution in [2.75, 3.05) is 13.7 Å². The van der Waals surface area contributed by atoms with Crippen LogP contribution in [0.25, 0.3) is 0 Å². The Morgan fingerprint density at radius 1 is 1.19 bits per heavy atom. The smallest absolute Gasteiger partial charge is 0.321 e. The molecule has 0 aliphatic rings. The summed E-state index contributed by atoms with van der Waals surface area (Å²) in [6.45, 7) is 4.52. The maximum Gasteiger partial charge on any atom is 0.321 e. The maximum atomic E-state index is 11.9. The minimum Gasteiger partial charge on any atom is -0.496 e. The largest absolute Gasteiger partial charge is 0.496 e. The molecule has 0 saturated heterocycles. The molecule has 0 fully saturated rings. The van der Waals surface area contributed by atoms with Gasteiger partial charge in [-0.25, -0.2) is 4.79 Å². The Bertz CT molecular complexity index is 686. The summed E-state index contributed by atoms with van der Waals surface area (Å²) in [5.41, 5.74) is 0.910. The van der Waals surface area contributed by atoms with Crippen LogP contribution in [0, 0.1) is 0 Å². The molecule has 0 unspecified atom stereocenters. The predicted octanol–water partition coefficient (Wildman–Crippen LogP) is 1.61. The lowest BCUT2D eigenvalue weighted by atomic mass is 10.0. The van der Waals surface area contributed by atoms with Crippen LogP contribution in [-0.4, -0.2) is 43.4 Å². The van der Waals surface area contributed by atoms with E-state index in [1.54, 1.807) is 25.1 Å². The molecule has 0 spiro atoms. The van der Waals surface area contributed by atoms with E-state index in [4.69, 9.17) is 9.47 Å². The molecule has 0 aliphatic heterocycles. The number of ether oxygens (including phenoxy) is 2. The highest BCUT2D eigenvalue weighted by Gasteiger charge is 2.15. The molecule has 2 N–H and O–H groups in total. The van der Waals surface area contributed by atoms with Crippen molar-refractivity contribution in [3.8, 4) is 5.75 Å². The second-order valence-electron chi connectivity index (χ2n) is 5.75. The number of carbonyl (C=O) groups excluding carboxylic acids is 4. The van der Waals surface area contributed by atoms with Crippen molar-refractivity contribution in [2.45, 2.75) is 39.7 Å². The highest BCUT2D eigenvalue weighted by Crippen LogP contribution is 2.21. The highest BCUT2D eigenvalue weighted by atomic mass is 16.5. The molecule has 26 heavy (non-hydrogen) atoms. The number of benzene rings is 1. The van der Waals surface area contributed by atoms with E-state index in [1.807, 2.05) is 6.92 Å². The fourth-order valence-corrected chi connectivity index (χ4v) is 2.01. The zero-order valence-electron chi connectivity index (χ0n) is 15.4. The number of methoxy groups -OCH3 is 1. The zero-order chi connectivity index (χ0) is 19.7. The molecule has 8 heteroatoms. The number of amides is 3. The molecule has 0 bridgehead atoms. The molecular weight excluding hydrogens is 340 g/mol. The average molecular weight is 364 g/mol. The van der Waals surface area contributed by atoms with Gasteiger partial charge in [-0.3, -0.25) is 19.7 Å². The Morgan fingerprint density at radius 3 is 2.46 bits per heavy atom. The second-order valence-corrected chi connectivity index (χ2v) is 5.75. The standard InChI is InChI=1S/C18H24N2O6/c1-5-11(2)19-18(24)20-16(22)10-26-17(23)9-14-8-13(12(3)21)6-7-15(14)25-4/h6-8,11H,5,9-10H2,1-4H3,(H2,19,20,22,24)/t11-/m0/s1. The lowest BCUT2D eigenvalue weighted by molar-refractivity contribution is -0.147. The summed E-state index contributed by atoms with van der Waals surface area (Å²) in [4.78, 5) is 46.5. The van der Waals surface area contributed by atoms with Crippen LogP contribution in [0.2, 0.25) is 0 Å². The lowest BCUT2D eigenvalue weighted by Crippen LogP contribution is -2.44. The first-order valence-corrected chi connectivity index (χ1v) is 8.20. The van der Waals surface area contributed by atoms with Gasteiger partial charge in [-0.15, -0.1) is 0 Å². The average Bonchev–Trinajstić information content (AvgIpc) is 2.59. The summed E-state index contributed by atoms with van der Waals surface area (Å²) in [6, 6.07) is 4.01. The Hall–Kier alpha value is -2.90. The van der Waals surface area contributed by atoms with E-state index in [0.717, 1.165) is 6.42 Å². The fraction of sp³-hybridized carbons (Fsp3) is 0.444. The lowest BCUT2D eigenvalue weighted by Gasteiger charge is -2.12. The SMILES string of the molecule is CC[C@H](C)NC(=O)NC(=O)COC(=O)Cc1cc(C(C)=O)ccc1OC. The number of nitrogens with one attached hydrogen (secondary N) is 2. The van der Waals surface area contributed by atoms with Crippen LogP contribution in [0.3, 0.4) is 0 Å². The number of hydrogen-bond acceptors (Lipinski definition) is 6. The van der Waals surface area contributed by atoms with Crippen LogP contribution in [0.1, 0.15) is 43.1 Å². The topological polar surface area (TPSA) is 111 Å². The van der Waals surface area contributed by atoms with E-state index in [2.05, 4.69) is 10.6 Å². The number of hydrogen-bond donors (Lipinski definition) is 2. The van der Waals surface area contributed by atoms with Gasteiger partial charge in [0.1, 0.15) is 5.75 Å². The van der Waals surface area contributed by atoms with Gasteiger partial charge >= 0.3 is 12.0 Å². The molecule has 0 heterocycles. The van der Waals surface area contributed by atoms with Crippen LogP contribution in [-0.2, 0) is 20.7 Å². The number of Topliss-reactive ketones (excluding diaryl/α,β-unsaturated/α-hetero) is 1. The van der Waals surface area contributed by atoms with Crippen molar-refractivity contribution in [1.29, 1.82) is 0 Å². The molecule has 8 nitrogen and oxygen atoms in total. The number of ketones is 1. The summed E-state index contributed by atoms with van der Waals surface area (Å²) in [6.07, 6.45) is 0.550. The third-order valence-corrected chi connectivity index (χ3v) is 3.63. The predicted molar refractivity (Wildman–Crippen MR) is 94.1 cm³/mol. The van der Waals surface area contributed by atoms with Crippen molar-refractivity contribution in [2.24, 2.45) is 0 Å². The third-order valence-electron chi connectivity index (χ3n) is 3.63. The van der Waals surface area contributed by atoms with Gasteiger partial charge in [0.2, 0.25) is 0 Å². The van der Waals surface area contributed by atoms with Crippen molar-refractivity contribution in [1.82, 2.24) is 10.6 Å². The zero-order valence-corrected chi connectivity index (χ0v) is 15.4. The summed E-state index contributed by atoms with van der Waals surface area (Å²) in [5.74, 6) is -1.12. The highest BCUT2D eigenvalue weighted by molar-refractivity contribution is 5.96. The van der Waals surface area contributed by atoms with Crippen LogP contribution in [0.15, 0.2) is 18.2 Å². The Morgan fingerprint density at radius 2 is 1.88 bits per heavy atom. The van der Waals surface area contributed by atoms with E-state index in [1.165, 1.54) is 14.0 Å². The van der Waals surface area contributed by atoms with Crippen LogP contribution in [0.4, 0.5) is 4.79 Å². The molecule has 1 aromatic carbocycles. The fourth-order valence-electron chi connectivity index (χ4n) is 2.01. The first-order chi connectivity index (χ1) is 12.3. The minimum absolute atomic E-state index is 0.0774. The van der Waals surface area contributed by atoms with Gasteiger partial charge in [0.05, 0.1) is 13.5 Å². The van der Waals surface area contributed by atoms with E-state index in [9.17, 15) is 19.2 Å². The molecule has 0 aliphatic carbocycles. The summed E-state index contributed by atoms with van der Waals surface area (Å²) < 4.78 is 10.0. The van der Waals surface area contributed by atoms with E-state index in [-0.39, 0.29) is 18.2 Å². The molecule has 0 saturated carbocycles. The van der Waals surface area contributed by atoms with Gasteiger partial charge in [0.25, 0.3) is 5.91 Å². The third kappa shape index (κ3) is 6.92. The quantitative estimate of drug-likeness (QED) is 0.535. The van der Waals surface area contributed by atoms with Gasteiger partial charge in [-0.2, -0.15) is 0 Å². The summed E-state index contributed by atoms with van der Waals surface area (Å²) in [5, 5.41) is 4.64. The molecule has 0 radical (unpaired) electrons. The van der Waals surface area contributed by atoms with E-state index >= 15 is 0 Å². The first-order valence-electron chi connectivity index (χ1n) is 8.20. The normalized spacial score (nSPS) is 11.2. The van der Waals surface area contributed by atoms with Crippen molar-refractivity contribution >= 4 is 23.7 Å². The first kappa shape index (κ1) is 21.1. The van der Waals surface area contributed by atoms with E-state index in [0.29, 0.717) is 16.9 Å². The van der Waals surface area contributed by atoms with Gasteiger partial charge in [0, 0.05) is 17.2 Å². The van der Waals surface area contributed by atoms with Crippen molar-refractivity contribution in [3.63, 3.8) is 0 Å². The van der Waals surface area contributed by atoms with Gasteiger partial charge in [0.15, 0.2) is 12.4 Å². The summed E-state index contributed by atoms with van der Waals surface area (Å²) in [7, 11) is 1.45. The Balaban J connectivity index is 2.56. The Kier molecular flexibility index (Phi) is 8.27. The Labute approximate surface area is 152 Å². The van der Waals surface area contributed by atoms with Gasteiger partial charge in [-0.05, 0) is 38.5 Å². The number of urea groups is 1. The number of esters is 1. The molecule has 1 atom stereocenters. The monoisotopic (exact) mass is 364 g/mol. The number of imide groups is 1. The van der Waals surface area contributed by atoms with Crippen LogP contribution in [0.5, 0.6) is 5.75 Å². The number of carbonyl (C=O) groups is 4. The molecule has 3 amide bonds. The minimum atomic E-state index is -0.733. The summed E-state index contributed by atoms with van der Waals surface area (Å²) >= 11 is 0. The second kappa shape index (κ2) is 10.2. The van der Waals surface area contributed by atoms with E-state index < -0.39 is 24.5 Å². The molecule has 0 aromatic heterocycles. The molecule has 1 aromatic rings. The van der Waals surface area contributed by atoms with Gasteiger partial charge < -0.3 is 14.8 Å². The maximum absolute atomic E-state index is 11.9. The van der Waals surface area contributed by atoms with Crippen LogP contribution >= 0.6 is 0 Å². The van der Waals surface area contributed by atoms with Crippen LogP contribution < -0.4 is 15.4 Å². The van der Waals surface area contributed by atoms with Crippen molar-refractivity contribution in [3.05, 3.63) is 29.3 Å². The van der Waals surface area contributed by atoms with Gasteiger partial charge in [-0.1, -0.05) is 6.92 Å². The molecular formula is C18H24N2O6. The molecule has 142 valence electrons. The molecule has 1 rings (SSSR count). The van der Waals surface area contributed by atoms with Crippen molar-refractivity contribution < 1.29 is 28.7 Å².